The zero-order chi connectivity index (χ0) is 20.8. The van der Waals surface area contributed by atoms with Crippen LogP contribution in [0.3, 0.4) is 0 Å². The number of imidazole rings is 1. The van der Waals surface area contributed by atoms with Gasteiger partial charge in [-0.3, -0.25) is 0 Å². The summed E-state index contributed by atoms with van der Waals surface area (Å²) in [6, 6.07) is 2.87. The first-order chi connectivity index (χ1) is 13.8. The van der Waals surface area contributed by atoms with E-state index in [1.165, 1.54) is 18.5 Å². The summed E-state index contributed by atoms with van der Waals surface area (Å²) in [6.07, 6.45) is 2.40. The van der Waals surface area contributed by atoms with Gasteiger partial charge in [0, 0.05) is 31.9 Å². The largest absolute Gasteiger partial charge is 0.340 e. The van der Waals surface area contributed by atoms with Crippen LogP contribution in [0.2, 0.25) is 5.02 Å². The lowest BCUT2D eigenvalue weighted by molar-refractivity contribution is -0.0395. The van der Waals surface area contributed by atoms with Crippen molar-refractivity contribution in [3.63, 3.8) is 0 Å². The molecule has 0 bridgehead atoms. The Kier molecular flexibility index (Phi) is 4.80. The fraction of sp³-hybridized carbons (Fsp3) is 0.333. The molecule has 1 aliphatic heterocycles. The third kappa shape index (κ3) is 3.59. The number of benzene rings is 1. The highest BCUT2D eigenvalue weighted by atomic mass is 35.5. The summed E-state index contributed by atoms with van der Waals surface area (Å²) >= 11 is 5.82. The summed E-state index contributed by atoms with van der Waals surface area (Å²) in [5.41, 5.74) is 6.30. The Balaban J connectivity index is 1.84. The molecule has 0 amide bonds. The van der Waals surface area contributed by atoms with Crippen molar-refractivity contribution in [1.29, 1.82) is 5.26 Å². The van der Waals surface area contributed by atoms with Crippen LogP contribution in [0.1, 0.15) is 17.8 Å². The van der Waals surface area contributed by atoms with E-state index in [1.54, 1.807) is 9.47 Å². The highest BCUT2D eigenvalue weighted by molar-refractivity contribution is 6.30. The van der Waals surface area contributed by atoms with Gasteiger partial charge in [0.25, 0.3) is 5.92 Å². The van der Waals surface area contributed by atoms with E-state index in [0.29, 0.717) is 22.3 Å². The zero-order valence-corrected chi connectivity index (χ0v) is 15.7. The van der Waals surface area contributed by atoms with E-state index < -0.39 is 24.2 Å². The summed E-state index contributed by atoms with van der Waals surface area (Å²) in [4.78, 5) is 14.3. The Bertz CT molecular complexity index is 1110. The van der Waals surface area contributed by atoms with Crippen molar-refractivity contribution in [2.45, 2.75) is 24.9 Å². The number of nitrogens with two attached hydrogens (primary N) is 1. The molecule has 29 heavy (non-hydrogen) atoms. The van der Waals surface area contributed by atoms with E-state index in [0.717, 1.165) is 6.07 Å². The maximum Gasteiger partial charge on any atom is 0.266 e. The number of anilines is 1. The molecule has 11 heteroatoms. The summed E-state index contributed by atoms with van der Waals surface area (Å²) < 4.78 is 43.4. The lowest BCUT2D eigenvalue weighted by atomic mass is 10.0. The van der Waals surface area contributed by atoms with Gasteiger partial charge in [-0.1, -0.05) is 11.6 Å². The van der Waals surface area contributed by atoms with Gasteiger partial charge in [0.2, 0.25) is 5.95 Å². The summed E-state index contributed by atoms with van der Waals surface area (Å²) in [5.74, 6) is -2.92. The van der Waals surface area contributed by atoms with Crippen molar-refractivity contribution in [2.75, 3.05) is 18.0 Å². The molecule has 1 unspecified atom stereocenters. The van der Waals surface area contributed by atoms with Gasteiger partial charge in [-0.25, -0.2) is 28.1 Å². The number of piperidine rings is 1. The maximum absolute atomic E-state index is 14.1. The Morgan fingerprint density at radius 1 is 1.31 bits per heavy atom. The minimum Gasteiger partial charge on any atom is -0.340 e. The zero-order valence-electron chi connectivity index (χ0n) is 15.0. The number of nitriles is 1. The predicted octanol–water partition coefficient (Wildman–Crippen LogP) is 2.71. The van der Waals surface area contributed by atoms with Crippen molar-refractivity contribution in [3.05, 3.63) is 46.8 Å². The minimum absolute atomic E-state index is 0.00979. The summed E-state index contributed by atoms with van der Waals surface area (Å²) in [6.45, 7) is -0.0442. The van der Waals surface area contributed by atoms with Gasteiger partial charge in [-0.15, -0.1) is 0 Å². The Morgan fingerprint density at radius 3 is 2.69 bits per heavy atom. The van der Waals surface area contributed by atoms with Crippen molar-refractivity contribution in [3.8, 4) is 6.07 Å². The Morgan fingerprint density at radius 2 is 2.03 bits per heavy atom. The molecule has 1 aliphatic rings. The monoisotopic (exact) mass is 421 g/mol. The molecule has 150 valence electrons. The lowest BCUT2D eigenvalue weighted by Crippen LogP contribution is -2.55. The molecule has 1 aromatic carbocycles. The third-order valence-electron chi connectivity index (χ3n) is 4.85. The first-order valence-electron chi connectivity index (χ1n) is 8.73. The van der Waals surface area contributed by atoms with E-state index in [9.17, 15) is 18.4 Å². The van der Waals surface area contributed by atoms with Gasteiger partial charge in [-0.05, 0) is 12.1 Å². The predicted molar refractivity (Wildman–Crippen MR) is 100 cm³/mol. The minimum atomic E-state index is -2.98. The van der Waals surface area contributed by atoms with E-state index >= 15 is 0 Å². The molecule has 1 atom stereocenters. The average molecular weight is 422 g/mol. The second-order valence-corrected chi connectivity index (χ2v) is 7.25. The number of nitrogens with zero attached hydrogens (tertiary/aromatic N) is 6. The fourth-order valence-corrected chi connectivity index (χ4v) is 3.43. The maximum atomic E-state index is 14.1. The van der Waals surface area contributed by atoms with Gasteiger partial charge in [0.15, 0.2) is 0 Å². The molecule has 2 aromatic heterocycles. The molecule has 3 aromatic rings. The molecule has 3 heterocycles. The smallest absolute Gasteiger partial charge is 0.266 e. The van der Waals surface area contributed by atoms with Crippen molar-refractivity contribution in [2.24, 2.45) is 5.73 Å². The SMILES string of the molecule is N#Cc1cc(F)cc2c1nc(N1CCC(F)(F)C(N)C1)n2Cc1ncc(Cl)cn1. The van der Waals surface area contributed by atoms with Crippen LogP contribution in [0.5, 0.6) is 0 Å². The van der Waals surface area contributed by atoms with Crippen LogP contribution in [0, 0.1) is 17.1 Å². The number of fused-ring (bicyclic) bond motifs is 1. The molecule has 7 nitrogen and oxygen atoms in total. The first-order valence-corrected chi connectivity index (χ1v) is 9.11. The molecule has 2 N–H and O–H groups in total. The number of rotatable bonds is 3. The van der Waals surface area contributed by atoms with Gasteiger partial charge >= 0.3 is 0 Å². The van der Waals surface area contributed by atoms with Crippen molar-refractivity contribution < 1.29 is 13.2 Å². The molecular formula is C18H15ClF3N7. The van der Waals surface area contributed by atoms with E-state index in [2.05, 4.69) is 15.0 Å². The summed E-state index contributed by atoms with van der Waals surface area (Å²) in [5, 5.41) is 9.72. The van der Waals surface area contributed by atoms with E-state index in [1.807, 2.05) is 6.07 Å². The summed E-state index contributed by atoms with van der Waals surface area (Å²) in [7, 11) is 0. The molecule has 4 rings (SSSR count). The molecule has 0 radical (unpaired) electrons. The van der Waals surface area contributed by atoms with Crippen LogP contribution in [0.4, 0.5) is 19.1 Å². The highest BCUT2D eigenvalue weighted by Crippen LogP contribution is 2.32. The highest BCUT2D eigenvalue weighted by Gasteiger charge is 2.43. The van der Waals surface area contributed by atoms with Gasteiger partial charge in [0.05, 0.1) is 28.7 Å². The van der Waals surface area contributed by atoms with E-state index in [4.69, 9.17) is 17.3 Å². The Hall–Kier alpha value is -2.90. The molecule has 1 saturated heterocycles. The molecular weight excluding hydrogens is 407 g/mol. The van der Waals surface area contributed by atoms with Crippen molar-refractivity contribution in [1.82, 2.24) is 19.5 Å². The van der Waals surface area contributed by atoms with Crippen LogP contribution >= 0.6 is 11.6 Å². The quantitative estimate of drug-likeness (QED) is 0.698. The number of hydrogen-bond donors (Lipinski definition) is 1. The lowest BCUT2D eigenvalue weighted by Gasteiger charge is -2.37. The number of alkyl halides is 2. The molecule has 0 aliphatic carbocycles. The standard InChI is InChI=1S/C18H15ClF3N7/c19-11-6-25-15(26-7-11)9-29-13-4-12(20)3-10(5-23)16(13)27-17(29)28-2-1-18(21,22)14(24)8-28/h3-4,6-7,14H,1-2,8-9,24H2. The fourth-order valence-electron chi connectivity index (χ4n) is 3.33. The molecule has 0 saturated carbocycles. The Labute approximate surface area is 168 Å². The van der Waals surface area contributed by atoms with E-state index in [-0.39, 0.29) is 30.7 Å². The average Bonchev–Trinajstić information content (AvgIpc) is 3.03. The van der Waals surface area contributed by atoms with Crippen LogP contribution in [0.25, 0.3) is 11.0 Å². The number of aromatic nitrogens is 4. The molecule has 0 spiro atoms. The first kappa shape index (κ1) is 19.4. The topological polar surface area (TPSA) is 96.7 Å². The van der Waals surface area contributed by atoms with Gasteiger partial charge in [0.1, 0.15) is 23.2 Å². The number of halogens is 4. The normalized spacial score (nSPS) is 18.8. The van der Waals surface area contributed by atoms with Crippen LogP contribution < -0.4 is 10.6 Å². The van der Waals surface area contributed by atoms with Crippen LogP contribution in [0.15, 0.2) is 24.5 Å². The third-order valence-corrected chi connectivity index (χ3v) is 5.05. The molecule has 1 fully saturated rings. The van der Waals surface area contributed by atoms with Crippen LogP contribution in [-0.2, 0) is 6.54 Å². The van der Waals surface area contributed by atoms with Gasteiger partial charge < -0.3 is 15.2 Å². The van der Waals surface area contributed by atoms with Crippen molar-refractivity contribution >= 4 is 28.6 Å². The number of hydrogen-bond acceptors (Lipinski definition) is 6. The van der Waals surface area contributed by atoms with Gasteiger partial charge in [-0.2, -0.15) is 5.26 Å². The second kappa shape index (κ2) is 7.17. The van der Waals surface area contributed by atoms with Crippen LogP contribution in [-0.4, -0.2) is 44.6 Å². The second-order valence-electron chi connectivity index (χ2n) is 6.81.